The van der Waals surface area contributed by atoms with Gasteiger partial charge in [0.05, 0.1) is 34.9 Å². The number of halogens is 3. The lowest BCUT2D eigenvalue weighted by Crippen LogP contribution is -2.47. The van der Waals surface area contributed by atoms with Gasteiger partial charge in [-0.05, 0) is 117 Å². The van der Waals surface area contributed by atoms with Crippen molar-refractivity contribution in [3.63, 3.8) is 0 Å². The number of nitrogens with zero attached hydrogens (tertiary/aromatic N) is 5. The van der Waals surface area contributed by atoms with E-state index >= 15 is 0 Å². The van der Waals surface area contributed by atoms with Gasteiger partial charge in [0, 0.05) is 49.5 Å². The fourth-order valence-electron chi connectivity index (χ4n) is 8.77. The average molecular weight is 922 g/mol. The highest BCUT2D eigenvalue weighted by atomic mass is 35.5. The van der Waals surface area contributed by atoms with Crippen LogP contribution in [-0.2, 0) is 10.0 Å². The van der Waals surface area contributed by atoms with E-state index in [1.54, 1.807) is 30.3 Å². The number of hydrogen-bond acceptors (Lipinski definition) is 10. The summed E-state index contributed by atoms with van der Waals surface area (Å²) in [6.45, 7) is 11.0. The molecular weight excluding hydrogens is 871 g/mol. The summed E-state index contributed by atoms with van der Waals surface area (Å²) >= 11 is 19.4. The topological polar surface area (TPSA) is 153 Å². The van der Waals surface area contributed by atoms with Crippen molar-refractivity contribution in [1.29, 1.82) is 0 Å². The Kier molecular flexibility index (Phi) is 12.6. The van der Waals surface area contributed by atoms with Gasteiger partial charge in [-0.15, -0.1) is 5.10 Å². The first kappa shape index (κ1) is 44.2. The van der Waals surface area contributed by atoms with Crippen LogP contribution in [-0.4, -0.2) is 83.4 Å². The first-order valence-corrected chi connectivity index (χ1v) is 23.5. The second kappa shape index (κ2) is 17.7. The molecule has 1 amide bonds. The number of aliphatic hydroxyl groups is 1. The lowest BCUT2D eigenvalue weighted by Gasteiger charge is -2.39. The zero-order chi connectivity index (χ0) is 44.0. The third-order valence-corrected chi connectivity index (χ3v) is 14.9. The molecule has 16 heteroatoms. The average Bonchev–Trinajstić information content (AvgIpc) is 3.59. The normalized spacial score (nSPS) is 21.0. The van der Waals surface area contributed by atoms with Crippen LogP contribution in [0, 0.1) is 11.3 Å². The number of carbonyl (C=O) groups excluding carboxylic acids is 1. The highest BCUT2D eigenvalue weighted by Gasteiger charge is 2.32. The van der Waals surface area contributed by atoms with Crippen molar-refractivity contribution < 1.29 is 27.8 Å². The first-order valence-electron chi connectivity index (χ1n) is 21.0. The molecule has 0 atom stereocenters. The Bertz CT molecular complexity index is 2630. The Morgan fingerprint density at radius 2 is 1.66 bits per heavy atom. The van der Waals surface area contributed by atoms with Crippen molar-refractivity contribution in [2.24, 2.45) is 17.1 Å². The Morgan fingerprint density at radius 1 is 0.935 bits per heavy atom. The Labute approximate surface area is 377 Å². The van der Waals surface area contributed by atoms with Crippen molar-refractivity contribution in [3.8, 4) is 17.4 Å². The van der Waals surface area contributed by atoms with E-state index in [1.165, 1.54) is 29.0 Å². The summed E-state index contributed by atoms with van der Waals surface area (Å²) < 4.78 is 41.2. The molecule has 0 unspecified atom stereocenters. The van der Waals surface area contributed by atoms with Crippen LogP contribution in [0.1, 0.15) is 81.6 Å². The molecule has 5 aromatic rings. The molecule has 2 aromatic heterocycles. The largest absolute Gasteiger partial charge is 0.476 e. The third kappa shape index (κ3) is 9.58. The molecule has 3 N–H and O–H groups in total. The molecule has 3 heterocycles. The maximum Gasteiger partial charge on any atom is 0.285 e. The second-order valence-electron chi connectivity index (χ2n) is 17.8. The van der Waals surface area contributed by atoms with Crippen LogP contribution in [0.25, 0.3) is 16.5 Å². The number of hydrogen-bond donors (Lipinski definition) is 2. The summed E-state index contributed by atoms with van der Waals surface area (Å²) in [5.41, 5.74) is 10.7. The maximum absolute atomic E-state index is 14.0. The molecule has 0 spiro atoms. The number of carbonyl (C=O) groups is 1. The molecular formula is C46H51Cl3N6O6S. The van der Waals surface area contributed by atoms with Crippen LogP contribution < -0.4 is 20.1 Å². The summed E-state index contributed by atoms with van der Waals surface area (Å²) in [6.07, 6.45) is 7.35. The SMILES string of the molecule is CC1(C)CCC(CN2CCN(c3ccc(C(N)=O)c(Oc4cccc5c4c(Cl)nn5S(=O)(=O)c4cnc(OC[C@H]5CC[C@@](C)(O)CC5)c(Cl)c4)c3)CC2)=C(c2ccc(Cl)cc2)C1. The molecule has 62 heavy (non-hydrogen) atoms. The number of allylic oxidation sites excluding steroid dienone is 1. The minimum Gasteiger partial charge on any atom is -0.476 e. The summed E-state index contributed by atoms with van der Waals surface area (Å²) in [7, 11) is -4.36. The molecule has 328 valence electrons. The summed E-state index contributed by atoms with van der Waals surface area (Å²) in [5.74, 6) is 0.0344. The number of nitrogens with two attached hydrogens (primary N) is 1. The zero-order valence-electron chi connectivity index (χ0n) is 35.0. The van der Waals surface area contributed by atoms with Crippen molar-refractivity contribution in [2.45, 2.75) is 76.2 Å². The minimum atomic E-state index is -4.36. The number of benzene rings is 3. The van der Waals surface area contributed by atoms with Gasteiger partial charge in [-0.25, -0.2) is 4.98 Å². The van der Waals surface area contributed by atoms with Crippen molar-refractivity contribution in [2.75, 3.05) is 44.2 Å². The fraction of sp³-hybridized carbons (Fsp3) is 0.413. The van der Waals surface area contributed by atoms with E-state index < -0.39 is 21.5 Å². The van der Waals surface area contributed by atoms with E-state index in [0.29, 0.717) is 19.4 Å². The number of primary amides is 1. The third-order valence-electron chi connectivity index (χ3n) is 12.5. The predicted molar refractivity (Wildman–Crippen MR) is 244 cm³/mol. The van der Waals surface area contributed by atoms with E-state index in [-0.39, 0.29) is 60.2 Å². The second-order valence-corrected chi connectivity index (χ2v) is 20.8. The van der Waals surface area contributed by atoms with Crippen LogP contribution in [0.5, 0.6) is 17.4 Å². The number of piperazine rings is 1. The highest BCUT2D eigenvalue weighted by molar-refractivity contribution is 7.90. The summed E-state index contributed by atoms with van der Waals surface area (Å²) in [5, 5.41) is 15.3. The van der Waals surface area contributed by atoms with Crippen LogP contribution in [0.15, 0.2) is 83.4 Å². The molecule has 0 radical (unpaired) electrons. The number of fused-ring (bicyclic) bond motifs is 1. The van der Waals surface area contributed by atoms with E-state index in [4.69, 9.17) is 50.0 Å². The van der Waals surface area contributed by atoms with Gasteiger partial charge in [0.1, 0.15) is 21.4 Å². The number of ether oxygens (including phenoxy) is 2. The molecule has 1 saturated heterocycles. The molecule has 2 aliphatic carbocycles. The van der Waals surface area contributed by atoms with Gasteiger partial charge in [0.15, 0.2) is 5.15 Å². The molecule has 3 aliphatic rings. The fourth-order valence-corrected chi connectivity index (χ4v) is 10.7. The van der Waals surface area contributed by atoms with Gasteiger partial charge in [0.2, 0.25) is 5.88 Å². The molecule has 1 saturated carbocycles. The van der Waals surface area contributed by atoms with Crippen LogP contribution in [0.3, 0.4) is 0 Å². The van der Waals surface area contributed by atoms with Crippen LogP contribution >= 0.6 is 34.8 Å². The number of pyridine rings is 1. The van der Waals surface area contributed by atoms with Crippen LogP contribution in [0.2, 0.25) is 15.2 Å². The number of aromatic nitrogens is 3. The van der Waals surface area contributed by atoms with E-state index in [2.05, 4.69) is 45.9 Å². The number of anilines is 1. The molecule has 8 rings (SSSR count). The smallest absolute Gasteiger partial charge is 0.285 e. The van der Waals surface area contributed by atoms with Crippen molar-refractivity contribution in [1.82, 2.24) is 19.1 Å². The molecule has 12 nitrogen and oxygen atoms in total. The van der Waals surface area contributed by atoms with E-state index in [1.807, 2.05) is 25.1 Å². The van der Waals surface area contributed by atoms with Gasteiger partial charge in [-0.1, -0.05) is 72.4 Å². The quantitative estimate of drug-likeness (QED) is 0.124. The van der Waals surface area contributed by atoms with E-state index in [9.17, 15) is 18.3 Å². The Morgan fingerprint density at radius 3 is 2.35 bits per heavy atom. The van der Waals surface area contributed by atoms with Gasteiger partial charge >= 0.3 is 0 Å². The molecule has 1 aliphatic heterocycles. The molecule has 3 aromatic carbocycles. The predicted octanol–water partition coefficient (Wildman–Crippen LogP) is 9.63. The monoisotopic (exact) mass is 920 g/mol. The lowest BCUT2D eigenvalue weighted by atomic mass is 9.72. The number of rotatable bonds is 12. The first-order chi connectivity index (χ1) is 29.5. The highest BCUT2D eigenvalue weighted by Crippen LogP contribution is 2.44. The van der Waals surface area contributed by atoms with Crippen molar-refractivity contribution >= 4 is 72.9 Å². The Hall–Kier alpha value is -4.37. The summed E-state index contributed by atoms with van der Waals surface area (Å²) in [6, 6.07) is 19.5. The Balaban J connectivity index is 0.985. The standard InChI is InChI=1S/C46H51Cl3N6O6S/c1-45(2)16-15-31(36(25-45)30-7-9-32(47)10-8-30)27-53-19-21-54(22-20-53)33-11-12-35(43(50)56)40(23-33)61-39-6-4-5-38-41(39)42(49)52-55(38)62(58,59)34-24-37(48)44(51-26-34)60-28-29-13-17-46(3,57)18-14-29/h4-12,23-24,26,29,57H,13-22,25,27-28H2,1-3H3,(H2,50,56)/t29-,46+. The molecule has 2 fully saturated rings. The van der Waals surface area contributed by atoms with Crippen LogP contribution in [0.4, 0.5) is 5.69 Å². The zero-order valence-corrected chi connectivity index (χ0v) is 38.1. The van der Waals surface area contributed by atoms with E-state index in [0.717, 1.165) is 79.6 Å². The van der Waals surface area contributed by atoms with Crippen molar-refractivity contribution in [3.05, 3.63) is 105 Å². The number of amides is 1. The molecule has 0 bridgehead atoms. The van der Waals surface area contributed by atoms with Gasteiger partial charge in [0.25, 0.3) is 15.9 Å². The maximum atomic E-state index is 14.0. The summed E-state index contributed by atoms with van der Waals surface area (Å²) in [4.78, 5) is 21.5. The van der Waals surface area contributed by atoms with Gasteiger partial charge in [-0.2, -0.15) is 12.5 Å². The van der Waals surface area contributed by atoms with Gasteiger partial charge < -0.3 is 25.2 Å². The lowest BCUT2D eigenvalue weighted by molar-refractivity contribution is 0.00127. The van der Waals surface area contributed by atoms with Gasteiger partial charge in [-0.3, -0.25) is 9.69 Å². The minimum absolute atomic E-state index is 0.0229.